The average Bonchev–Trinajstić information content (AvgIpc) is 2.90. The second kappa shape index (κ2) is 6.60. The van der Waals surface area contributed by atoms with Crippen molar-refractivity contribution in [1.29, 1.82) is 0 Å². The topological polar surface area (TPSA) is 92.4 Å². The van der Waals surface area contributed by atoms with Crippen LogP contribution in [0.1, 0.15) is 47.7 Å². The first kappa shape index (κ1) is 15.6. The van der Waals surface area contributed by atoms with Crippen molar-refractivity contribution in [1.82, 2.24) is 10.5 Å². The van der Waals surface area contributed by atoms with Gasteiger partial charge in [0.05, 0.1) is 0 Å². The minimum absolute atomic E-state index is 0.00494. The lowest BCUT2D eigenvalue weighted by molar-refractivity contribution is 0.0651. The van der Waals surface area contributed by atoms with E-state index in [-0.39, 0.29) is 16.2 Å². The zero-order valence-corrected chi connectivity index (χ0v) is 12.0. The molecule has 0 aliphatic heterocycles. The van der Waals surface area contributed by atoms with E-state index in [2.05, 4.69) is 28.8 Å². The van der Waals surface area contributed by atoms with E-state index in [0.717, 1.165) is 18.9 Å². The molecule has 1 aromatic rings. The Morgan fingerprint density at radius 2 is 2.11 bits per heavy atom. The maximum atomic E-state index is 11.8. The number of nitrogens with zero attached hydrogens (tertiary/aromatic N) is 1. The summed E-state index contributed by atoms with van der Waals surface area (Å²) in [5.74, 6) is -2.00. The monoisotopic (exact) mass is 286 g/mol. The van der Waals surface area contributed by atoms with E-state index in [9.17, 15) is 9.59 Å². The summed E-state index contributed by atoms with van der Waals surface area (Å²) in [6, 6.07) is 1.12. The zero-order valence-electron chi connectivity index (χ0n) is 11.2. The van der Waals surface area contributed by atoms with Crippen molar-refractivity contribution < 1.29 is 19.2 Å². The Labute approximate surface area is 115 Å². The Morgan fingerprint density at radius 3 is 2.53 bits per heavy atom. The van der Waals surface area contributed by atoms with Crippen LogP contribution in [0.15, 0.2) is 10.6 Å². The van der Waals surface area contributed by atoms with E-state index in [4.69, 9.17) is 5.11 Å². The average molecular weight is 286 g/mol. The van der Waals surface area contributed by atoms with Crippen LogP contribution < -0.4 is 5.32 Å². The largest absolute Gasteiger partial charge is 0.475 e. The fraction of sp³-hybridized carbons (Fsp3) is 0.583. The first-order chi connectivity index (χ1) is 8.98. The number of hydrogen-bond donors (Lipinski definition) is 2. The van der Waals surface area contributed by atoms with Gasteiger partial charge in [-0.25, -0.2) is 4.79 Å². The number of rotatable bonds is 7. The first-order valence-electron chi connectivity index (χ1n) is 6.01. The Kier molecular flexibility index (Phi) is 5.41. The predicted octanol–water partition coefficient (Wildman–Crippen LogP) is 2.02. The molecule has 19 heavy (non-hydrogen) atoms. The molecule has 0 saturated carbocycles. The minimum Gasteiger partial charge on any atom is -0.475 e. The second-order valence-electron chi connectivity index (χ2n) is 4.16. The van der Waals surface area contributed by atoms with E-state index >= 15 is 0 Å². The third-order valence-corrected chi connectivity index (χ3v) is 4.83. The van der Waals surface area contributed by atoms with Gasteiger partial charge in [-0.2, -0.15) is 11.8 Å². The first-order valence-corrected chi connectivity index (χ1v) is 7.24. The maximum absolute atomic E-state index is 11.8. The lowest BCUT2D eigenvalue weighted by atomic mass is 10.0. The fourth-order valence-corrected chi connectivity index (χ4v) is 2.47. The SMILES string of the molecule is CCC(CC)(CNC(=O)c1cc(C(=O)O)on1)SC. The molecule has 0 unspecified atom stereocenters. The van der Waals surface area contributed by atoms with Gasteiger partial charge in [-0.3, -0.25) is 4.79 Å². The minimum atomic E-state index is -1.24. The number of aromatic carboxylic acids is 1. The van der Waals surface area contributed by atoms with Crippen molar-refractivity contribution in [3.8, 4) is 0 Å². The molecular formula is C12H18N2O4S. The molecule has 0 saturated heterocycles. The van der Waals surface area contributed by atoms with Gasteiger partial charge in [-0.1, -0.05) is 19.0 Å². The molecule has 1 heterocycles. The molecule has 6 nitrogen and oxygen atoms in total. The standard InChI is InChI=1S/C12H18N2O4S/c1-4-12(5-2,19-3)7-13-10(15)8-6-9(11(16)17)18-14-8/h6H,4-5,7H2,1-3H3,(H,13,15)(H,16,17). The Bertz CT molecular complexity index is 446. The Hall–Kier alpha value is -1.50. The molecular weight excluding hydrogens is 268 g/mol. The summed E-state index contributed by atoms with van der Waals surface area (Å²) in [7, 11) is 0. The van der Waals surface area contributed by atoms with Crippen LogP contribution in [0, 0.1) is 0 Å². The quantitative estimate of drug-likeness (QED) is 0.796. The van der Waals surface area contributed by atoms with E-state index in [1.54, 1.807) is 11.8 Å². The molecule has 0 aliphatic rings. The highest BCUT2D eigenvalue weighted by Crippen LogP contribution is 2.29. The van der Waals surface area contributed by atoms with Crippen LogP contribution in [-0.4, -0.2) is 39.7 Å². The summed E-state index contributed by atoms with van der Waals surface area (Å²) in [5, 5.41) is 14.9. The Morgan fingerprint density at radius 1 is 1.47 bits per heavy atom. The van der Waals surface area contributed by atoms with Crippen molar-refractivity contribution in [3.63, 3.8) is 0 Å². The van der Waals surface area contributed by atoms with Crippen LogP contribution in [0.25, 0.3) is 0 Å². The highest BCUT2D eigenvalue weighted by Gasteiger charge is 2.26. The van der Waals surface area contributed by atoms with Gasteiger partial charge in [0.15, 0.2) is 5.69 Å². The molecule has 0 fully saturated rings. The molecule has 1 rings (SSSR count). The summed E-state index contributed by atoms with van der Waals surface area (Å²) < 4.78 is 4.54. The van der Waals surface area contributed by atoms with Gasteiger partial charge >= 0.3 is 5.97 Å². The lowest BCUT2D eigenvalue weighted by Crippen LogP contribution is -2.39. The van der Waals surface area contributed by atoms with Gasteiger partial charge < -0.3 is 14.9 Å². The summed E-state index contributed by atoms with van der Waals surface area (Å²) >= 11 is 1.71. The molecule has 0 aromatic carbocycles. The molecule has 0 radical (unpaired) electrons. The van der Waals surface area contributed by atoms with Crippen LogP contribution in [0.5, 0.6) is 0 Å². The van der Waals surface area contributed by atoms with Crippen molar-refractivity contribution in [2.75, 3.05) is 12.8 Å². The second-order valence-corrected chi connectivity index (χ2v) is 5.43. The molecule has 0 bridgehead atoms. The van der Waals surface area contributed by atoms with Crippen LogP contribution >= 0.6 is 11.8 Å². The number of carboxylic acid groups (broad SMARTS) is 1. The van der Waals surface area contributed by atoms with Crippen LogP contribution in [0.2, 0.25) is 0 Å². The van der Waals surface area contributed by atoms with Gasteiger partial charge in [0.1, 0.15) is 0 Å². The number of aromatic nitrogens is 1. The summed E-state index contributed by atoms with van der Waals surface area (Å²) in [6.07, 6.45) is 3.88. The molecule has 0 spiro atoms. The third-order valence-electron chi connectivity index (χ3n) is 3.25. The molecule has 0 atom stereocenters. The normalized spacial score (nSPS) is 11.3. The van der Waals surface area contributed by atoms with Crippen molar-refractivity contribution in [2.45, 2.75) is 31.4 Å². The fourth-order valence-electron chi connectivity index (χ4n) is 1.68. The Balaban J connectivity index is 2.66. The number of thioether (sulfide) groups is 1. The summed E-state index contributed by atoms with van der Waals surface area (Å²) in [6.45, 7) is 4.66. The number of hydrogen-bond acceptors (Lipinski definition) is 5. The smallest absolute Gasteiger partial charge is 0.374 e. The summed E-state index contributed by atoms with van der Waals surface area (Å²) in [4.78, 5) is 22.5. The van der Waals surface area contributed by atoms with Crippen molar-refractivity contribution >= 4 is 23.6 Å². The van der Waals surface area contributed by atoms with Gasteiger partial charge in [-0.05, 0) is 19.1 Å². The molecule has 7 heteroatoms. The molecule has 0 aliphatic carbocycles. The summed E-state index contributed by atoms with van der Waals surface area (Å²) in [5.41, 5.74) is -0.0143. The molecule has 106 valence electrons. The van der Waals surface area contributed by atoms with Gasteiger partial charge in [0, 0.05) is 17.4 Å². The van der Waals surface area contributed by atoms with E-state index in [1.165, 1.54) is 0 Å². The third kappa shape index (κ3) is 3.73. The van der Waals surface area contributed by atoms with Crippen LogP contribution in [-0.2, 0) is 0 Å². The van der Waals surface area contributed by atoms with Crippen LogP contribution in [0.4, 0.5) is 0 Å². The predicted molar refractivity (Wildman–Crippen MR) is 72.6 cm³/mol. The number of nitrogens with one attached hydrogen (secondary N) is 1. The van der Waals surface area contributed by atoms with E-state index in [0.29, 0.717) is 6.54 Å². The maximum Gasteiger partial charge on any atom is 0.374 e. The van der Waals surface area contributed by atoms with Gasteiger partial charge in [-0.15, -0.1) is 0 Å². The van der Waals surface area contributed by atoms with Crippen molar-refractivity contribution in [2.24, 2.45) is 0 Å². The highest BCUT2D eigenvalue weighted by atomic mass is 32.2. The highest BCUT2D eigenvalue weighted by molar-refractivity contribution is 8.00. The number of carbonyl (C=O) groups excluding carboxylic acids is 1. The van der Waals surface area contributed by atoms with Crippen molar-refractivity contribution in [3.05, 3.63) is 17.5 Å². The lowest BCUT2D eigenvalue weighted by Gasteiger charge is -2.29. The van der Waals surface area contributed by atoms with E-state index in [1.807, 2.05) is 6.26 Å². The number of carbonyl (C=O) groups is 2. The van der Waals surface area contributed by atoms with Gasteiger partial charge in [0.25, 0.3) is 5.91 Å². The number of amides is 1. The molecule has 1 aromatic heterocycles. The molecule has 2 N–H and O–H groups in total. The number of carboxylic acids is 1. The zero-order chi connectivity index (χ0) is 14.5. The van der Waals surface area contributed by atoms with E-state index < -0.39 is 11.9 Å². The van der Waals surface area contributed by atoms with Gasteiger partial charge in [0.2, 0.25) is 5.76 Å². The van der Waals surface area contributed by atoms with Crippen LogP contribution in [0.3, 0.4) is 0 Å². The molecule has 1 amide bonds.